The first-order valence-corrected chi connectivity index (χ1v) is 8.87. The van der Waals surface area contributed by atoms with E-state index in [9.17, 15) is 9.59 Å². The second-order valence-electron chi connectivity index (χ2n) is 6.25. The molecule has 5 heteroatoms. The highest BCUT2D eigenvalue weighted by Crippen LogP contribution is 2.30. The molecule has 0 amide bonds. The van der Waals surface area contributed by atoms with Crippen molar-refractivity contribution in [3.63, 3.8) is 0 Å². The summed E-state index contributed by atoms with van der Waals surface area (Å²) in [6.07, 6.45) is 3.50. The van der Waals surface area contributed by atoms with E-state index >= 15 is 0 Å². The SMILES string of the molecule is Cc1c(Cl)cccc1NC1=C([n+]2ccccc2)C(=O)c2ccccc2C1=O. The molecule has 0 saturated heterocycles. The first-order valence-electron chi connectivity index (χ1n) is 8.49. The molecule has 0 fully saturated rings. The molecule has 1 aromatic heterocycles. The Kier molecular flexibility index (Phi) is 4.34. The van der Waals surface area contributed by atoms with E-state index in [2.05, 4.69) is 5.32 Å². The summed E-state index contributed by atoms with van der Waals surface area (Å²) in [5.74, 6) is -0.431. The Hall–Kier alpha value is -3.24. The van der Waals surface area contributed by atoms with Gasteiger partial charge in [0.1, 0.15) is 0 Å². The molecule has 0 spiro atoms. The Balaban J connectivity index is 1.94. The molecule has 1 heterocycles. The number of halogens is 1. The van der Waals surface area contributed by atoms with Gasteiger partial charge in [0.2, 0.25) is 5.78 Å². The zero-order valence-electron chi connectivity index (χ0n) is 14.6. The standard InChI is InChI=1S/C22H15ClN2O2/c1-14-17(23)10-7-11-18(14)24-19-20(25-12-5-2-6-13-25)22(27)16-9-4-3-8-15(16)21(19)26/h2-13H,1H3/p+1. The highest BCUT2D eigenvalue weighted by molar-refractivity contribution is 6.36. The van der Waals surface area contributed by atoms with E-state index in [4.69, 9.17) is 11.6 Å². The van der Waals surface area contributed by atoms with Gasteiger partial charge in [-0.15, -0.1) is 0 Å². The minimum absolute atomic E-state index is 0.205. The van der Waals surface area contributed by atoms with Crippen molar-refractivity contribution in [1.82, 2.24) is 0 Å². The lowest BCUT2D eigenvalue weighted by atomic mass is 9.90. The van der Waals surface area contributed by atoms with Crippen molar-refractivity contribution in [2.75, 3.05) is 5.32 Å². The lowest BCUT2D eigenvalue weighted by molar-refractivity contribution is -0.577. The number of ketones is 2. The van der Waals surface area contributed by atoms with Gasteiger partial charge in [-0.2, -0.15) is 4.57 Å². The number of anilines is 1. The van der Waals surface area contributed by atoms with Crippen LogP contribution in [0.15, 0.2) is 78.8 Å². The zero-order valence-corrected chi connectivity index (χ0v) is 15.3. The molecule has 27 heavy (non-hydrogen) atoms. The third-order valence-corrected chi connectivity index (χ3v) is 5.01. The van der Waals surface area contributed by atoms with E-state index < -0.39 is 0 Å². The number of rotatable bonds is 3. The van der Waals surface area contributed by atoms with Gasteiger partial charge in [0.05, 0.1) is 0 Å². The molecule has 4 nitrogen and oxygen atoms in total. The van der Waals surface area contributed by atoms with Gasteiger partial charge in [0.15, 0.2) is 18.1 Å². The number of aromatic nitrogens is 1. The predicted molar refractivity (Wildman–Crippen MR) is 105 cm³/mol. The molecule has 0 saturated carbocycles. The van der Waals surface area contributed by atoms with Gasteiger partial charge in [-0.25, -0.2) is 0 Å². The Morgan fingerprint density at radius 3 is 2.19 bits per heavy atom. The molecule has 3 aromatic rings. The topological polar surface area (TPSA) is 50.1 Å². The normalized spacial score (nSPS) is 13.6. The number of pyridine rings is 1. The van der Waals surface area contributed by atoms with Crippen LogP contribution in [-0.4, -0.2) is 11.6 Å². The second-order valence-corrected chi connectivity index (χ2v) is 6.65. The van der Waals surface area contributed by atoms with E-state index in [-0.39, 0.29) is 17.3 Å². The molecule has 132 valence electrons. The lowest BCUT2D eigenvalue weighted by Crippen LogP contribution is -2.41. The predicted octanol–water partition coefficient (Wildman–Crippen LogP) is 4.30. The van der Waals surface area contributed by atoms with Crippen LogP contribution in [-0.2, 0) is 0 Å². The molecular weight excluding hydrogens is 360 g/mol. The summed E-state index contributed by atoms with van der Waals surface area (Å²) in [6, 6.07) is 17.8. The molecule has 2 aromatic carbocycles. The van der Waals surface area contributed by atoms with E-state index in [1.807, 2.05) is 31.2 Å². The maximum absolute atomic E-state index is 13.2. The summed E-state index contributed by atoms with van der Waals surface area (Å²) < 4.78 is 1.67. The van der Waals surface area contributed by atoms with Crippen molar-refractivity contribution >= 4 is 34.6 Å². The van der Waals surface area contributed by atoms with E-state index in [1.165, 1.54) is 0 Å². The summed E-state index contributed by atoms with van der Waals surface area (Å²) in [4.78, 5) is 26.4. The Labute approximate surface area is 161 Å². The molecule has 1 aliphatic rings. The molecular formula is C22H16ClN2O2+. The average Bonchev–Trinajstić information content (AvgIpc) is 2.70. The summed E-state index contributed by atoms with van der Waals surface area (Å²) in [5, 5.41) is 3.75. The van der Waals surface area contributed by atoms with Crippen molar-refractivity contribution < 1.29 is 14.2 Å². The van der Waals surface area contributed by atoms with Crippen molar-refractivity contribution in [2.24, 2.45) is 0 Å². The van der Waals surface area contributed by atoms with Gasteiger partial charge in [-0.05, 0) is 24.6 Å². The number of carbonyl (C=O) groups excluding carboxylic acids is 2. The van der Waals surface area contributed by atoms with Gasteiger partial charge in [0.25, 0.3) is 11.5 Å². The lowest BCUT2D eigenvalue weighted by Gasteiger charge is -2.19. The summed E-state index contributed by atoms with van der Waals surface area (Å²) >= 11 is 6.22. The third-order valence-electron chi connectivity index (χ3n) is 4.60. The fourth-order valence-corrected chi connectivity index (χ4v) is 3.32. The number of Topliss-reactive ketones (excluding diaryl/α,β-unsaturated/α-hetero) is 2. The molecule has 0 bridgehead atoms. The first-order chi connectivity index (χ1) is 13.1. The molecule has 4 rings (SSSR count). The van der Waals surface area contributed by atoms with E-state index in [0.29, 0.717) is 27.5 Å². The zero-order chi connectivity index (χ0) is 19.0. The van der Waals surface area contributed by atoms with Crippen LogP contribution in [0.4, 0.5) is 5.69 Å². The Morgan fingerprint density at radius 2 is 1.48 bits per heavy atom. The quantitative estimate of drug-likeness (QED) is 0.694. The van der Waals surface area contributed by atoms with Gasteiger partial charge in [0, 0.05) is 34.0 Å². The number of hydrogen-bond donors (Lipinski definition) is 1. The fourth-order valence-electron chi connectivity index (χ4n) is 3.15. The van der Waals surface area contributed by atoms with Crippen molar-refractivity contribution in [2.45, 2.75) is 6.92 Å². The van der Waals surface area contributed by atoms with Crippen molar-refractivity contribution in [3.05, 3.63) is 100 Å². The van der Waals surface area contributed by atoms with Gasteiger partial charge >= 0.3 is 0 Å². The smallest absolute Gasteiger partial charge is 0.286 e. The third kappa shape index (κ3) is 2.94. The first kappa shape index (κ1) is 17.2. The molecule has 0 radical (unpaired) electrons. The molecule has 1 N–H and O–H groups in total. The number of nitrogens with one attached hydrogen (secondary N) is 1. The number of fused-ring (bicyclic) bond motifs is 1. The van der Waals surface area contributed by atoms with E-state index in [1.54, 1.807) is 53.4 Å². The minimum Gasteiger partial charge on any atom is -0.346 e. The molecule has 0 unspecified atom stereocenters. The van der Waals surface area contributed by atoms with Crippen LogP contribution in [0.1, 0.15) is 26.3 Å². The maximum Gasteiger partial charge on any atom is 0.286 e. The van der Waals surface area contributed by atoms with Crippen molar-refractivity contribution in [1.29, 1.82) is 0 Å². The van der Waals surface area contributed by atoms with Crippen LogP contribution < -0.4 is 9.88 Å². The minimum atomic E-state index is -0.226. The van der Waals surface area contributed by atoms with E-state index in [0.717, 1.165) is 5.56 Å². The maximum atomic E-state index is 13.2. The number of allylic oxidation sites excluding steroid dienone is 2. The summed E-state index contributed by atoms with van der Waals surface area (Å²) in [6.45, 7) is 1.86. The average molecular weight is 376 g/mol. The van der Waals surface area contributed by atoms with Crippen LogP contribution in [0.3, 0.4) is 0 Å². The van der Waals surface area contributed by atoms with Crippen LogP contribution in [0, 0.1) is 6.92 Å². The van der Waals surface area contributed by atoms with Crippen LogP contribution in [0.5, 0.6) is 0 Å². The van der Waals surface area contributed by atoms with Crippen molar-refractivity contribution in [3.8, 4) is 0 Å². The molecule has 1 aliphatic carbocycles. The van der Waals surface area contributed by atoms with Gasteiger partial charge in [-0.1, -0.05) is 48.0 Å². The summed E-state index contributed by atoms with van der Waals surface area (Å²) in [7, 11) is 0. The highest BCUT2D eigenvalue weighted by Gasteiger charge is 2.38. The van der Waals surface area contributed by atoms with Gasteiger partial charge in [-0.3, -0.25) is 9.59 Å². The Morgan fingerprint density at radius 1 is 0.815 bits per heavy atom. The molecule has 0 atom stereocenters. The largest absolute Gasteiger partial charge is 0.346 e. The number of benzene rings is 2. The number of carbonyl (C=O) groups is 2. The van der Waals surface area contributed by atoms with Gasteiger partial charge < -0.3 is 5.32 Å². The molecule has 0 aliphatic heterocycles. The van der Waals surface area contributed by atoms with Crippen LogP contribution in [0.2, 0.25) is 5.02 Å². The summed E-state index contributed by atoms with van der Waals surface area (Å²) in [5.41, 5.74) is 2.82. The number of nitrogens with zero attached hydrogens (tertiary/aromatic N) is 1. The highest BCUT2D eigenvalue weighted by atomic mass is 35.5. The Bertz CT molecular complexity index is 1100. The monoisotopic (exact) mass is 375 g/mol. The van der Waals surface area contributed by atoms with Crippen LogP contribution in [0.25, 0.3) is 5.70 Å². The second kappa shape index (κ2) is 6.82. The van der Waals surface area contributed by atoms with Crippen LogP contribution >= 0.6 is 11.6 Å². The number of hydrogen-bond acceptors (Lipinski definition) is 3. The fraction of sp³-hybridized carbons (Fsp3) is 0.0455.